The molecule has 1 unspecified atom stereocenters. The van der Waals surface area contributed by atoms with Gasteiger partial charge < -0.3 is 10.5 Å². The molecular formula is C24H31N2O3S+. The van der Waals surface area contributed by atoms with Crippen LogP contribution in [0.5, 0.6) is 11.5 Å². The maximum atomic E-state index is 13.0. The smallest absolute Gasteiger partial charge is 0.306 e. The van der Waals surface area contributed by atoms with Gasteiger partial charge in [0, 0.05) is 18.7 Å². The van der Waals surface area contributed by atoms with Crippen molar-refractivity contribution >= 4 is 15.7 Å². The van der Waals surface area contributed by atoms with Crippen molar-refractivity contribution in [2.75, 3.05) is 18.8 Å². The van der Waals surface area contributed by atoms with E-state index in [9.17, 15) is 8.42 Å². The summed E-state index contributed by atoms with van der Waals surface area (Å²) in [4.78, 5) is 0. The lowest BCUT2D eigenvalue weighted by Crippen LogP contribution is -2.51. The SMILES string of the molecule is CCS(=O)(=O)[N+]1(c2ccc(Oc3cc(C)ccc3C(C)C)cc2)C=CC(CN)=CC1. The van der Waals surface area contributed by atoms with E-state index in [4.69, 9.17) is 10.5 Å². The molecule has 1 atom stereocenters. The van der Waals surface area contributed by atoms with Crippen molar-refractivity contribution in [2.45, 2.75) is 33.6 Å². The zero-order valence-electron chi connectivity index (χ0n) is 18.1. The van der Waals surface area contributed by atoms with Crippen molar-refractivity contribution in [2.24, 2.45) is 5.73 Å². The standard InChI is InChI=1S/C24H31N2O3S/c1-5-30(27,28)26(14-12-20(17-25)13-15-26)21-7-9-22(10-8-21)29-24-16-19(4)6-11-23(24)18(2)3/h6-14,16,18H,5,15,17,25H2,1-4H3/q+1. The molecule has 0 bridgehead atoms. The third-order valence-corrected chi connectivity index (χ3v) is 7.75. The van der Waals surface area contributed by atoms with Crippen LogP contribution in [0.1, 0.15) is 37.8 Å². The maximum Gasteiger partial charge on any atom is 0.306 e. The summed E-state index contributed by atoms with van der Waals surface area (Å²) < 4.78 is 32.0. The number of ether oxygens (including phenoxy) is 1. The molecule has 30 heavy (non-hydrogen) atoms. The van der Waals surface area contributed by atoms with E-state index in [1.807, 2.05) is 49.4 Å². The van der Waals surface area contributed by atoms with Crippen LogP contribution in [-0.2, 0) is 10.0 Å². The highest BCUT2D eigenvalue weighted by atomic mass is 32.2. The highest BCUT2D eigenvalue weighted by Gasteiger charge is 2.41. The van der Waals surface area contributed by atoms with Crippen molar-refractivity contribution in [3.8, 4) is 11.5 Å². The molecule has 0 amide bonds. The molecule has 1 aliphatic heterocycles. The van der Waals surface area contributed by atoms with Crippen LogP contribution in [0.4, 0.5) is 5.69 Å². The molecule has 0 spiro atoms. The van der Waals surface area contributed by atoms with E-state index in [2.05, 4.69) is 26.0 Å². The number of quaternary nitrogens is 1. The van der Waals surface area contributed by atoms with Crippen LogP contribution in [0.15, 0.2) is 66.4 Å². The lowest BCUT2D eigenvalue weighted by molar-refractivity contribution is 0.471. The Morgan fingerprint density at radius 3 is 2.37 bits per heavy atom. The summed E-state index contributed by atoms with van der Waals surface area (Å²) in [5, 5.41) is 0. The monoisotopic (exact) mass is 427 g/mol. The number of benzene rings is 2. The van der Waals surface area contributed by atoms with Gasteiger partial charge in [0.2, 0.25) is 0 Å². The fourth-order valence-corrected chi connectivity index (χ4v) is 5.09. The third-order valence-electron chi connectivity index (χ3n) is 5.54. The Morgan fingerprint density at radius 1 is 1.13 bits per heavy atom. The summed E-state index contributed by atoms with van der Waals surface area (Å²) in [5.41, 5.74) is 9.61. The third kappa shape index (κ3) is 4.21. The molecule has 0 saturated carbocycles. The van der Waals surface area contributed by atoms with Gasteiger partial charge in [0.15, 0.2) is 5.69 Å². The summed E-state index contributed by atoms with van der Waals surface area (Å²) in [5.74, 6) is 1.89. The molecule has 0 aliphatic carbocycles. The lowest BCUT2D eigenvalue weighted by Gasteiger charge is -2.33. The topological polar surface area (TPSA) is 69.4 Å². The van der Waals surface area contributed by atoms with Gasteiger partial charge in [-0.3, -0.25) is 0 Å². The van der Waals surface area contributed by atoms with Crippen LogP contribution in [0.3, 0.4) is 0 Å². The summed E-state index contributed by atoms with van der Waals surface area (Å²) in [7, 11) is -3.44. The van der Waals surface area contributed by atoms with Gasteiger partial charge in [-0.25, -0.2) is 0 Å². The molecule has 0 aromatic heterocycles. The van der Waals surface area contributed by atoms with Gasteiger partial charge in [-0.05, 0) is 66.8 Å². The van der Waals surface area contributed by atoms with Gasteiger partial charge >= 0.3 is 10.0 Å². The zero-order valence-corrected chi connectivity index (χ0v) is 18.9. The van der Waals surface area contributed by atoms with Crippen molar-refractivity contribution in [3.63, 3.8) is 0 Å². The number of nitrogens with two attached hydrogens (primary N) is 1. The number of hydrogen-bond donors (Lipinski definition) is 1. The number of aryl methyl sites for hydroxylation is 1. The Labute approximate surface area is 180 Å². The van der Waals surface area contributed by atoms with Gasteiger partial charge in [-0.1, -0.05) is 26.0 Å². The van der Waals surface area contributed by atoms with E-state index < -0.39 is 10.0 Å². The average Bonchev–Trinajstić information content (AvgIpc) is 2.74. The Bertz CT molecular complexity index is 1070. The molecule has 0 fully saturated rings. The minimum atomic E-state index is -3.44. The van der Waals surface area contributed by atoms with Crippen LogP contribution in [0.2, 0.25) is 0 Å². The molecule has 0 saturated heterocycles. The maximum absolute atomic E-state index is 13.0. The fraction of sp³-hybridized carbons (Fsp3) is 0.333. The van der Waals surface area contributed by atoms with Crippen molar-refractivity contribution in [1.82, 2.24) is 3.89 Å². The molecule has 3 rings (SSSR count). The quantitative estimate of drug-likeness (QED) is 0.633. The molecule has 1 heterocycles. The molecule has 6 heteroatoms. The first-order chi connectivity index (χ1) is 14.2. The number of hydrogen-bond acceptors (Lipinski definition) is 4. The van der Waals surface area contributed by atoms with Gasteiger partial charge in [0.05, 0.1) is 5.75 Å². The summed E-state index contributed by atoms with van der Waals surface area (Å²) in [6.45, 7) is 8.70. The first-order valence-electron chi connectivity index (χ1n) is 10.3. The minimum Gasteiger partial charge on any atom is -0.457 e. The minimum absolute atomic E-state index is 0.0441. The van der Waals surface area contributed by atoms with E-state index in [1.54, 1.807) is 13.1 Å². The second-order valence-corrected chi connectivity index (χ2v) is 10.3. The van der Waals surface area contributed by atoms with Crippen molar-refractivity contribution in [1.29, 1.82) is 0 Å². The van der Waals surface area contributed by atoms with Crippen molar-refractivity contribution in [3.05, 3.63) is 77.5 Å². The largest absolute Gasteiger partial charge is 0.457 e. The molecule has 2 aromatic rings. The normalized spacial score (nSPS) is 19.1. The number of rotatable bonds is 7. The molecule has 5 nitrogen and oxygen atoms in total. The Balaban J connectivity index is 1.96. The Hall–Kier alpha value is -2.41. The van der Waals surface area contributed by atoms with E-state index in [0.29, 0.717) is 30.4 Å². The van der Waals surface area contributed by atoms with Crippen LogP contribution in [0.25, 0.3) is 0 Å². The molecular weight excluding hydrogens is 396 g/mol. The lowest BCUT2D eigenvalue weighted by atomic mass is 10.0. The second kappa shape index (κ2) is 8.76. The van der Waals surface area contributed by atoms with E-state index in [-0.39, 0.29) is 9.64 Å². The van der Waals surface area contributed by atoms with Crippen LogP contribution >= 0.6 is 0 Å². The molecule has 160 valence electrons. The van der Waals surface area contributed by atoms with E-state index in [1.165, 1.54) is 0 Å². The number of sulfonamides is 1. The highest BCUT2D eigenvalue weighted by molar-refractivity contribution is 7.91. The fourth-order valence-electron chi connectivity index (χ4n) is 3.64. The Morgan fingerprint density at radius 2 is 1.83 bits per heavy atom. The second-order valence-electron chi connectivity index (χ2n) is 7.94. The molecule has 1 aliphatic rings. The van der Waals surface area contributed by atoms with Gasteiger partial charge in [0.1, 0.15) is 24.2 Å². The zero-order chi connectivity index (χ0) is 21.9. The predicted octanol–water partition coefficient (Wildman–Crippen LogP) is 4.98. The first-order valence-corrected chi connectivity index (χ1v) is 11.9. The van der Waals surface area contributed by atoms with E-state index in [0.717, 1.165) is 22.4 Å². The number of nitrogens with zero attached hydrogens (tertiary/aromatic N) is 1. The average molecular weight is 428 g/mol. The molecule has 0 radical (unpaired) electrons. The highest BCUT2D eigenvalue weighted by Crippen LogP contribution is 2.36. The summed E-state index contributed by atoms with van der Waals surface area (Å²) in [6.07, 6.45) is 5.44. The van der Waals surface area contributed by atoms with Gasteiger partial charge in [-0.15, -0.1) is 0 Å². The van der Waals surface area contributed by atoms with E-state index >= 15 is 0 Å². The van der Waals surface area contributed by atoms with Crippen LogP contribution in [0, 0.1) is 6.92 Å². The van der Waals surface area contributed by atoms with Crippen LogP contribution in [-0.4, -0.2) is 27.3 Å². The predicted molar refractivity (Wildman–Crippen MR) is 124 cm³/mol. The molecule has 2 N–H and O–H groups in total. The molecule has 2 aromatic carbocycles. The summed E-state index contributed by atoms with van der Waals surface area (Å²) in [6, 6.07) is 13.5. The van der Waals surface area contributed by atoms with Crippen molar-refractivity contribution < 1.29 is 13.2 Å². The van der Waals surface area contributed by atoms with Gasteiger partial charge in [0.25, 0.3) is 0 Å². The Kier molecular flexibility index (Phi) is 6.50. The first kappa shape index (κ1) is 22.3. The van der Waals surface area contributed by atoms with Gasteiger partial charge in [-0.2, -0.15) is 12.3 Å². The van der Waals surface area contributed by atoms with Crippen LogP contribution < -0.4 is 14.4 Å². The summed E-state index contributed by atoms with van der Waals surface area (Å²) >= 11 is 0.